The van der Waals surface area contributed by atoms with E-state index in [1.165, 1.54) is 16.9 Å². The summed E-state index contributed by atoms with van der Waals surface area (Å²) in [5.41, 5.74) is 2.55. The third kappa shape index (κ3) is 4.64. The van der Waals surface area contributed by atoms with Crippen molar-refractivity contribution >= 4 is 22.4 Å². The van der Waals surface area contributed by atoms with Crippen LogP contribution in [0.2, 0.25) is 0 Å². The first-order chi connectivity index (χ1) is 13.5. The van der Waals surface area contributed by atoms with Crippen LogP contribution in [0.15, 0.2) is 35.1 Å². The molecule has 0 aliphatic carbocycles. The van der Waals surface area contributed by atoms with E-state index >= 15 is 0 Å². The Balaban J connectivity index is 1.63. The smallest absolute Gasteiger partial charge is 0.263 e. The van der Waals surface area contributed by atoms with Crippen LogP contribution in [0.4, 0.5) is 5.13 Å². The number of carbonyl (C=O) groups excluding carboxylic acids is 1. The molecule has 0 saturated heterocycles. The summed E-state index contributed by atoms with van der Waals surface area (Å²) in [5.74, 6) is 0.340. The number of nitrogens with zero attached hydrogens (tertiary/aromatic N) is 2. The number of anilines is 1. The molecule has 2 N–H and O–H groups in total. The number of rotatable bonds is 7. The average Bonchev–Trinajstić information content (AvgIpc) is 3.15. The number of pyridine rings is 1. The van der Waals surface area contributed by atoms with E-state index in [0.717, 1.165) is 28.4 Å². The Kier molecular flexibility index (Phi) is 6.20. The van der Waals surface area contributed by atoms with Crippen molar-refractivity contribution in [2.24, 2.45) is 0 Å². The number of carbonyl (C=O) groups is 1. The molecule has 2 aromatic heterocycles. The maximum Gasteiger partial charge on any atom is 0.263 e. The van der Waals surface area contributed by atoms with E-state index < -0.39 is 11.5 Å². The summed E-state index contributed by atoms with van der Waals surface area (Å²) >= 11 is 1.31. The molecule has 1 aromatic carbocycles. The van der Waals surface area contributed by atoms with Gasteiger partial charge in [-0.3, -0.25) is 14.9 Å². The quantitative estimate of drug-likeness (QED) is 0.637. The largest absolute Gasteiger partial charge is 0.497 e. The van der Waals surface area contributed by atoms with Crippen LogP contribution in [-0.4, -0.2) is 28.2 Å². The number of methoxy groups -OCH3 is 1. The van der Waals surface area contributed by atoms with E-state index in [4.69, 9.17) is 4.74 Å². The van der Waals surface area contributed by atoms with E-state index in [-0.39, 0.29) is 5.56 Å². The van der Waals surface area contributed by atoms with Crippen LogP contribution in [0.25, 0.3) is 0 Å². The normalized spacial score (nSPS) is 10.7. The van der Waals surface area contributed by atoms with Crippen molar-refractivity contribution in [3.8, 4) is 5.75 Å². The van der Waals surface area contributed by atoms with Crippen molar-refractivity contribution in [3.05, 3.63) is 68.1 Å². The lowest BCUT2D eigenvalue weighted by Gasteiger charge is -2.05. The Morgan fingerprint density at radius 2 is 1.96 bits per heavy atom. The minimum atomic E-state index is -0.482. The molecule has 8 heteroatoms. The Morgan fingerprint density at radius 3 is 2.64 bits per heavy atom. The summed E-state index contributed by atoms with van der Waals surface area (Å²) in [5, 5.41) is 12.0. The van der Waals surface area contributed by atoms with E-state index in [9.17, 15) is 9.59 Å². The molecule has 28 heavy (non-hydrogen) atoms. The third-order valence-electron chi connectivity index (χ3n) is 4.42. The number of H-pyrrole nitrogens is 1. The molecular formula is C20H22N4O3S. The minimum Gasteiger partial charge on any atom is -0.497 e. The fourth-order valence-corrected chi connectivity index (χ4v) is 3.56. The van der Waals surface area contributed by atoms with Crippen molar-refractivity contribution in [2.45, 2.75) is 33.1 Å². The first-order valence-electron chi connectivity index (χ1n) is 8.99. The number of aromatic amines is 1. The molecule has 0 aliphatic heterocycles. The zero-order valence-electron chi connectivity index (χ0n) is 16.0. The molecule has 0 aliphatic rings. The Bertz CT molecular complexity index is 1020. The lowest BCUT2D eigenvalue weighted by molar-refractivity contribution is 0.102. The summed E-state index contributed by atoms with van der Waals surface area (Å²) in [7, 11) is 1.64. The van der Waals surface area contributed by atoms with Crippen LogP contribution in [0.5, 0.6) is 5.75 Å². The first-order valence-corrected chi connectivity index (χ1v) is 9.81. The van der Waals surface area contributed by atoms with Gasteiger partial charge in [-0.05, 0) is 49.1 Å². The zero-order valence-corrected chi connectivity index (χ0v) is 16.9. The van der Waals surface area contributed by atoms with Crippen LogP contribution in [0.1, 0.15) is 39.1 Å². The maximum absolute atomic E-state index is 12.4. The highest BCUT2D eigenvalue weighted by Crippen LogP contribution is 2.19. The van der Waals surface area contributed by atoms with E-state index in [2.05, 4.69) is 20.5 Å². The van der Waals surface area contributed by atoms with Gasteiger partial charge in [-0.2, -0.15) is 0 Å². The van der Waals surface area contributed by atoms with Crippen molar-refractivity contribution < 1.29 is 9.53 Å². The van der Waals surface area contributed by atoms with E-state index in [1.807, 2.05) is 38.1 Å². The van der Waals surface area contributed by atoms with Crippen molar-refractivity contribution in [1.82, 2.24) is 15.2 Å². The number of nitrogens with one attached hydrogen (secondary N) is 2. The summed E-state index contributed by atoms with van der Waals surface area (Å²) in [4.78, 5) is 27.3. The van der Waals surface area contributed by atoms with E-state index in [1.54, 1.807) is 13.2 Å². The third-order valence-corrected chi connectivity index (χ3v) is 5.32. The standard InChI is InChI=1S/C20H22N4O3S/c1-4-16-12(2)11-15(18(25)21-16)19(26)22-20-24-23-17(28-20)10-7-13-5-8-14(27-3)9-6-13/h5-6,8-9,11H,4,7,10H2,1-3H3,(H,21,25)(H,22,24,26). The molecular weight excluding hydrogens is 376 g/mol. The van der Waals surface area contributed by atoms with Gasteiger partial charge >= 0.3 is 0 Å². The van der Waals surface area contributed by atoms with Crippen molar-refractivity contribution in [2.75, 3.05) is 12.4 Å². The van der Waals surface area contributed by atoms with Gasteiger partial charge in [0.2, 0.25) is 5.13 Å². The van der Waals surface area contributed by atoms with Gasteiger partial charge in [-0.25, -0.2) is 0 Å². The Labute approximate surface area is 166 Å². The van der Waals surface area contributed by atoms with E-state index in [0.29, 0.717) is 18.0 Å². The summed E-state index contributed by atoms with van der Waals surface area (Å²) in [6.45, 7) is 3.82. The molecule has 0 spiro atoms. The SMILES string of the molecule is CCc1[nH]c(=O)c(C(=O)Nc2nnc(CCc3ccc(OC)cc3)s2)cc1C. The van der Waals surface area contributed by atoms with Gasteiger partial charge in [0, 0.05) is 12.1 Å². The molecule has 0 unspecified atom stereocenters. The number of aryl methyl sites for hydroxylation is 4. The summed E-state index contributed by atoms with van der Waals surface area (Å²) < 4.78 is 5.15. The number of benzene rings is 1. The molecule has 0 fully saturated rings. The average molecular weight is 398 g/mol. The molecule has 0 atom stereocenters. The molecule has 2 heterocycles. The maximum atomic E-state index is 12.4. The second-order valence-electron chi connectivity index (χ2n) is 6.33. The minimum absolute atomic E-state index is 0.0738. The van der Waals surface area contributed by atoms with Crippen LogP contribution in [0.3, 0.4) is 0 Å². The molecule has 3 aromatic rings. The second-order valence-corrected chi connectivity index (χ2v) is 7.39. The molecule has 7 nitrogen and oxygen atoms in total. The Hall–Kier alpha value is -3.00. The monoisotopic (exact) mass is 398 g/mol. The number of ether oxygens (including phenoxy) is 1. The predicted molar refractivity (Wildman–Crippen MR) is 109 cm³/mol. The summed E-state index contributed by atoms with van der Waals surface area (Å²) in [6.07, 6.45) is 2.23. The molecule has 146 valence electrons. The second kappa shape index (κ2) is 8.79. The highest BCUT2D eigenvalue weighted by atomic mass is 32.1. The lowest BCUT2D eigenvalue weighted by atomic mass is 10.1. The van der Waals surface area contributed by atoms with Gasteiger partial charge in [0.25, 0.3) is 11.5 Å². The lowest BCUT2D eigenvalue weighted by Crippen LogP contribution is -2.24. The van der Waals surface area contributed by atoms with Gasteiger partial charge in [0.1, 0.15) is 16.3 Å². The number of aromatic nitrogens is 3. The number of hydrogen-bond acceptors (Lipinski definition) is 6. The van der Waals surface area contributed by atoms with Crippen molar-refractivity contribution in [1.29, 1.82) is 0 Å². The highest BCUT2D eigenvalue weighted by Gasteiger charge is 2.15. The molecule has 1 amide bonds. The van der Waals surface area contributed by atoms with Crippen LogP contribution in [-0.2, 0) is 19.3 Å². The van der Waals surface area contributed by atoms with Gasteiger partial charge < -0.3 is 9.72 Å². The fraction of sp³-hybridized carbons (Fsp3) is 0.300. The molecule has 0 saturated carbocycles. The Morgan fingerprint density at radius 1 is 1.21 bits per heavy atom. The van der Waals surface area contributed by atoms with Gasteiger partial charge in [-0.15, -0.1) is 10.2 Å². The van der Waals surface area contributed by atoms with Gasteiger partial charge in [-0.1, -0.05) is 30.4 Å². The summed E-state index contributed by atoms with van der Waals surface area (Å²) in [6, 6.07) is 9.47. The highest BCUT2D eigenvalue weighted by molar-refractivity contribution is 7.15. The van der Waals surface area contributed by atoms with Gasteiger partial charge in [0.05, 0.1) is 7.11 Å². The topological polar surface area (TPSA) is 97.0 Å². The number of amides is 1. The van der Waals surface area contributed by atoms with Crippen molar-refractivity contribution in [3.63, 3.8) is 0 Å². The zero-order chi connectivity index (χ0) is 20.1. The number of hydrogen-bond donors (Lipinski definition) is 2. The van der Waals surface area contributed by atoms with Gasteiger partial charge in [0.15, 0.2) is 0 Å². The van der Waals surface area contributed by atoms with Crippen LogP contribution < -0.4 is 15.6 Å². The fourth-order valence-electron chi connectivity index (χ4n) is 2.82. The molecule has 3 rings (SSSR count). The molecule has 0 radical (unpaired) electrons. The van der Waals surface area contributed by atoms with Crippen LogP contribution >= 0.6 is 11.3 Å². The first kappa shape index (κ1) is 19.8. The predicted octanol–water partition coefficient (Wildman–Crippen LogP) is 3.14. The van der Waals surface area contributed by atoms with Crippen LogP contribution in [0, 0.1) is 6.92 Å². The molecule has 0 bridgehead atoms.